The molecule has 0 aromatic heterocycles. The first kappa shape index (κ1) is 13.8. The minimum atomic E-state index is -0.946. The van der Waals surface area contributed by atoms with Gasteiger partial charge in [0.1, 0.15) is 5.75 Å². The number of aromatic carboxylic acids is 1. The van der Waals surface area contributed by atoms with Crippen LogP contribution in [0.3, 0.4) is 0 Å². The molecule has 2 rings (SSSR count). The maximum atomic E-state index is 10.9. The van der Waals surface area contributed by atoms with Crippen LogP contribution < -0.4 is 4.74 Å². The van der Waals surface area contributed by atoms with Gasteiger partial charge in [-0.25, -0.2) is 4.79 Å². The molecule has 0 atom stereocenters. The van der Waals surface area contributed by atoms with Crippen LogP contribution in [-0.4, -0.2) is 17.0 Å². The van der Waals surface area contributed by atoms with Crippen LogP contribution >= 0.6 is 0 Å². The maximum Gasteiger partial charge on any atom is 0.335 e. The van der Waals surface area contributed by atoms with Gasteiger partial charge < -0.3 is 9.84 Å². The normalized spacial score (nSPS) is 10.1. The highest BCUT2D eigenvalue weighted by atomic mass is 16.5. The lowest BCUT2D eigenvalue weighted by molar-refractivity contribution is -0.131. The molecule has 2 aromatic rings. The van der Waals surface area contributed by atoms with Crippen LogP contribution in [0.5, 0.6) is 5.75 Å². The molecule has 0 radical (unpaired) electrons. The third-order valence-corrected chi connectivity index (χ3v) is 2.90. The predicted octanol–water partition coefficient (Wildman–Crippen LogP) is 3.29. The Balaban J connectivity index is 2.33. The first-order chi connectivity index (χ1) is 9.47. The first-order valence-corrected chi connectivity index (χ1v) is 6.10. The van der Waals surface area contributed by atoms with E-state index in [1.54, 1.807) is 36.4 Å². The molecule has 0 spiro atoms. The molecule has 4 heteroatoms. The van der Waals surface area contributed by atoms with Crippen molar-refractivity contribution in [2.24, 2.45) is 0 Å². The van der Waals surface area contributed by atoms with E-state index in [0.717, 1.165) is 16.7 Å². The summed E-state index contributed by atoms with van der Waals surface area (Å²) >= 11 is 0. The predicted molar refractivity (Wildman–Crippen MR) is 74.9 cm³/mol. The molecule has 0 unspecified atom stereocenters. The summed E-state index contributed by atoms with van der Waals surface area (Å²) in [4.78, 5) is 21.7. The summed E-state index contributed by atoms with van der Waals surface area (Å²) in [6, 6.07) is 12.0. The lowest BCUT2D eigenvalue weighted by Crippen LogP contribution is -2.01. The molecule has 0 amide bonds. The number of carboxylic acids is 1. The van der Waals surface area contributed by atoms with E-state index in [0.29, 0.717) is 5.75 Å². The summed E-state index contributed by atoms with van der Waals surface area (Å²) in [5, 5.41) is 8.87. The number of rotatable bonds is 3. The molecule has 20 heavy (non-hydrogen) atoms. The van der Waals surface area contributed by atoms with Gasteiger partial charge in [0.25, 0.3) is 0 Å². The monoisotopic (exact) mass is 270 g/mol. The Hall–Kier alpha value is -2.62. The standard InChI is InChI=1S/C16H14O4/c1-10-9-14(20-11(2)17)7-8-15(10)12-3-5-13(6-4-12)16(18)19/h3-9H,1-2H3,(H,18,19). The highest BCUT2D eigenvalue weighted by Gasteiger charge is 2.07. The second-order valence-electron chi connectivity index (χ2n) is 4.45. The van der Waals surface area contributed by atoms with Crippen LogP contribution in [0.1, 0.15) is 22.8 Å². The third kappa shape index (κ3) is 3.03. The van der Waals surface area contributed by atoms with Gasteiger partial charge in [-0.05, 0) is 47.9 Å². The van der Waals surface area contributed by atoms with Crippen LogP contribution in [0.2, 0.25) is 0 Å². The minimum absolute atomic E-state index is 0.253. The molecule has 2 aromatic carbocycles. The van der Waals surface area contributed by atoms with Crippen molar-refractivity contribution in [3.05, 3.63) is 53.6 Å². The van der Waals surface area contributed by atoms with E-state index in [1.807, 2.05) is 13.0 Å². The summed E-state index contributed by atoms with van der Waals surface area (Å²) in [6.45, 7) is 3.27. The zero-order valence-electron chi connectivity index (χ0n) is 11.2. The third-order valence-electron chi connectivity index (χ3n) is 2.90. The lowest BCUT2D eigenvalue weighted by Gasteiger charge is -2.09. The van der Waals surface area contributed by atoms with Gasteiger partial charge in [0.05, 0.1) is 5.56 Å². The number of hydrogen-bond acceptors (Lipinski definition) is 3. The van der Waals surface area contributed by atoms with Crippen molar-refractivity contribution < 1.29 is 19.4 Å². The average Bonchev–Trinajstić information content (AvgIpc) is 2.38. The fourth-order valence-corrected chi connectivity index (χ4v) is 1.98. The van der Waals surface area contributed by atoms with E-state index in [1.165, 1.54) is 6.92 Å². The molecule has 0 fully saturated rings. The van der Waals surface area contributed by atoms with Gasteiger partial charge >= 0.3 is 11.9 Å². The molecule has 0 aliphatic carbocycles. The molecule has 4 nitrogen and oxygen atoms in total. The number of carbonyl (C=O) groups is 2. The van der Waals surface area contributed by atoms with Crippen LogP contribution in [0.15, 0.2) is 42.5 Å². The Labute approximate surface area is 116 Å². The fourth-order valence-electron chi connectivity index (χ4n) is 1.98. The Morgan fingerprint density at radius 1 is 1.05 bits per heavy atom. The number of carboxylic acid groups (broad SMARTS) is 1. The van der Waals surface area contributed by atoms with Gasteiger partial charge in [0.15, 0.2) is 0 Å². The molecule has 0 heterocycles. The largest absolute Gasteiger partial charge is 0.478 e. The van der Waals surface area contributed by atoms with Crippen molar-refractivity contribution in [1.82, 2.24) is 0 Å². The molecule has 0 saturated carbocycles. The molecule has 0 bridgehead atoms. The fraction of sp³-hybridized carbons (Fsp3) is 0.125. The minimum Gasteiger partial charge on any atom is -0.478 e. The SMILES string of the molecule is CC(=O)Oc1ccc(-c2ccc(C(=O)O)cc2)c(C)c1. The summed E-state index contributed by atoms with van der Waals surface area (Å²) in [5.74, 6) is -0.803. The number of carbonyl (C=O) groups excluding carboxylic acids is 1. The Morgan fingerprint density at radius 3 is 2.20 bits per heavy atom. The van der Waals surface area contributed by atoms with Crippen LogP contribution in [0.4, 0.5) is 0 Å². The Bertz CT molecular complexity index is 657. The number of esters is 1. The van der Waals surface area contributed by atoms with Gasteiger partial charge in [-0.2, -0.15) is 0 Å². The molecule has 102 valence electrons. The van der Waals surface area contributed by atoms with Gasteiger partial charge in [0, 0.05) is 6.92 Å². The smallest absolute Gasteiger partial charge is 0.335 e. The highest BCUT2D eigenvalue weighted by Crippen LogP contribution is 2.27. The van der Waals surface area contributed by atoms with Crippen molar-refractivity contribution in [2.75, 3.05) is 0 Å². The van der Waals surface area contributed by atoms with E-state index in [-0.39, 0.29) is 11.5 Å². The van der Waals surface area contributed by atoms with Crippen LogP contribution in [0, 0.1) is 6.92 Å². The summed E-state index contributed by atoms with van der Waals surface area (Å²) in [7, 11) is 0. The van der Waals surface area contributed by atoms with Gasteiger partial charge in [-0.15, -0.1) is 0 Å². The average molecular weight is 270 g/mol. The number of aryl methyl sites for hydroxylation is 1. The first-order valence-electron chi connectivity index (χ1n) is 6.10. The van der Waals surface area contributed by atoms with E-state index < -0.39 is 5.97 Å². The van der Waals surface area contributed by atoms with Crippen molar-refractivity contribution in [2.45, 2.75) is 13.8 Å². The molecular formula is C16H14O4. The topological polar surface area (TPSA) is 63.6 Å². The second kappa shape index (κ2) is 5.57. The zero-order valence-corrected chi connectivity index (χ0v) is 11.2. The number of benzene rings is 2. The molecule has 1 N–H and O–H groups in total. The van der Waals surface area contributed by atoms with Crippen LogP contribution in [-0.2, 0) is 4.79 Å². The second-order valence-corrected chi connectivity index (χ2v) is 4.45. The van der Waals surface area contributed by atoms with Gasteiger partial charge in [0.2, 0.25) is 0 Å². The summed E-state index contributed by atoms with van der Waals surface area (Å²) < 4.78 is 5.02. The van der Waals surface area contributed by atoms with E-state index >= 15 is 0 Å². The van der Waals surface area contributed by atoms with Crippen molar-refractivity contribution in [3.8, 4) is 16.9 Å². The number of hydrogen-bond donors (Lipinski definition) is 1. The van der Waals surface area contributed by atoms with E-state index in [2.05, 4.69) is 0 Å². The number of ether oxygens (including phenoxy) is 1. The zero-order chi connectivity index (χ0) is 14.7. The van der Waals surface area contributed by atoms with Gasteiger partial charge in [-0.3, -0.25) is 4.79 Å². The van der Waals surface area contributed by atoms with Gasteiger partial charge in [-0.1, -0.05) is 18.2 Å². The van der Waals surface area contributed by atoms with Crippen molar-refractivity contribution >= 4 is 11.9 Å². The molecule has 0 aliphatic heterocycles. The summed E-state index contributed by atoms with van der Waals surface area (Å²) in [6.07, 6.45) is 0. The summed E-state index contributed by atoms with van der Waals surface area (Å²) in [5.41, 5.74) is 3.09. The molecule has 0 aliphatic rings. The van der Waals surface area contributed by atoms with E-state index in [9.17, 15) is 9.59 Å². The maximum absolute atomic E-state index is 10.9. The quantitative estimate of drug-likeness (QED) is 0.686. The molecule has 0 saturated heterocycles. The van der Waals surface area contributed by atoms with Crippen molar-refractivity contribution in [3.63, 3.8) is 0 Å². The lowest BCUT2D eigenvalue weighted by atomic mass is 9.99. The van der Waals surface area contributed by atoms with Crippen molar-refractivity contribution in [1.29, 1.82) is 0 Å². The Kier molecular flexibility index (Phi) is 3.84. The van der Waals surface area contributed by atoms with E-state index in [4.69, 9.17) is 9.84 Å². The highest BCUT2D eigenvalue weighted by molar-refractivity contribution is 5.88. The Morgan fingerprint density at radius 2 is 1.70 bits per heavy atom. The van der Waals surface area contributed by atoms with Crippen LogP contribution in [0.25, 0.3) is 11.1 Å². The molecular weight excluding hydrogens is 256 g/mol.